The number of nitrogens with zero attached hydrogens (tertiary/aromatic N) is 1. The highest BCUT2D eigenvalue weighted by molar-refractivity contribution is 7.89. The lowest BCUT2D eigenvalue weighted by Crippen LogP contribution is -2.40. The van der Waals surface area contributed by atoms with E-state index in [4.69, 9.17) is 5.11 Å². The van der Waals surface area contributed by atoms with Crippen molar-refractivity contribution in [3.8, 4) is 0 Å². The van der Waals surface area contributed by atoms with E-state index in [-0.39, 0.29) is 11.3 Å². The fourth-order valence-electron chi connectivity index (χ4n) is 1.75. The van der Waals surface area contributed by atoms with Gasteiger partial charge in [-0.1, -0.05) is 13.3 Å². The predicted molar refractivity (Wildman–Crippen MR) is 76.3 cm³/mol. The molecule has 0 aliphatic rings. The van der Waals surface area contributed by atoms with Crippen molar-refractivity contribution in [2.24, 2.45) is 0 Å². The maximum Gasteiger partial charge on any atom is 0.321 e. The number of rotatable bonds is 6. The van der Waals surface area contributed by atoms with E-state index in [1.54, 1.807) is 13.0 Å². The van der Waals surface area contributed by atoms with E-state index < -0.39 is 22.0 Å². The van der Waals surface area contributed by atoms with Crippen LogP contribution in [0.15, 0.2) is 28.6 Å². The Balaban J connectivity index is 2.31. The van der Waals surface area contributed by atoms with Crippen molar-refractivity contribution >= 4 is 37.5 Å². The second-order valence-electron chi connectivity index (χ2n) is 4.28. The van der Waals surface area contributed by atoms with Crippen molar-refractivity contribution in [1.29, 1.82) is 0 Å². The quantitative estimate of drug-likeness (QED) is 0.848. The highest BCUT2D eigenvalue weighted by Gasteiger charge is 2.25. The maximum absolute atomic E-state index is 12.2. The Labute approximate surface area is 120 Å². The van der Waals surface area contributed by atoms with Gasteiger partial charge in [0.1, 0.15) is 10.9 Å². The van der Waals surface area contributed by atoms with Gasteiger partial charge in [-0.15, -0.1) is 11.3 Å². The zero-order valence-corrected chi connectivity index (χ0v) is 12.4. The largest absolute Gasteiger partial charge is 0.480 e. The number of nitrogens with one attached hydrogen (secondary N) is 1. The first-order valence-corrected chi connectivity index (χ1v) is 8.38. The van der Waals surface area contributed by atoms with E-state index >= 15 is 0 Å². The normalized spacial score (nSPS) is 13.4. The Morgan fingerprint density at radius 1 is 1.55 bits per heavy atom. The second-order valence-corrected chi connectivity index (χ2v) is 6.94. The highest BCUT2D eigenvalue weighted by atomic mass is 32.2. The number of carbonyl (C=O) groups is 1. The standard InChI is InChI=1S/C12H14N2O4S2/c1-2-3-10(12(15)16)14-20(17,18)8-6-11-9(13-7-8)4-5-19-11/h4-7,10,14H,2-3H2,1H3,(H,15,16). The number of aliphatic carboxylic acids is 1. The highest BCUT2D eigenvalue weighted by Crippen LogP contribution is 2.21. The number of carboxylic acids is 1. The summed E-state index contributed by atoms with van der Waals surface area (Å²) in [6.07, 6.45) is 2.05. The molecule has 2 heterocycles. The summed E-state index contributed by atoms with van der Waals surface area (Å²) in [4.78, 5) is 15.1. The molecule has 0 aliphatic carbocycles. The molecule has 0 aromatic carbocycles. The summed E-state index contributed by atoms with van der Waals surface area (Å²) in [5, 5.41) is 10.8. The Bertz CT molecular complexity index is 724. The van der Waals surface area contributed by atoms with Gasteiger partial charge in [-0.05, 0) is 23.9 Å². The van der Waals surface area contributed by atoms with Crippen LogP contribution in [0.4, 0.5) is 0 Å². The van der Waals surface area contributed by atoms with Crippen LogP contribution in [0.3, 0.4) is 0 Å². The van der Waals surface area contributed by atoms with Crippen molar-refractivity contribution < 1.29 is 18.3 Å². The molecule has 2 aromatic rings. The van der Waals surface area contributed by atoms with E-state index in [9.17, 15) is 13.2 Å². The number of aromatic nitrogens is 1. The lowest BCUT2D eigenvalue weighted by atomic mass is 10.2. The third kappa shape index (κ3) is 3.14. The Kier molecular flexibility index (Phi) is 4.36. The van der Waals surface area contributed by atoms with Crippen LogP contribution in [0.1, 0.15) is 19.8 Å². The minimum absolute atomic E-state index is 0.0187. The van der Waals surface area contributed by atoms with Crippen molar-refractivity contribution in [3.05, 3.63) is 23.7 Å². The molecule has 6 nitrogen and oxygen atoms in total. The predicted octanol–water partition coefficient (Wildman–Crippen LogP) is 1.83. The van der Waals surface area contributed by atoms with Gasteiger partial charge in [0.25, 0.3) is 0 Å². The van der Waals surface area contributed by atoms with Gasteiger partial charge in [0, 0.05) is 6.20 Å². The molecule has 0 amide bonds. The van der Waals surface area contributed by atoms with E-state index in [2.05, 4.69) is 9.71 Å². The summed E-state index contributed by atoms with van der Waals surface area (Å²) in [5.74, 6) is -1.18. The molecule has 0 aliphatic heterocycles. The molecule has 1 unspecified atom stereocenters. The molecule has 0 saturated carbocycles. The fraction of sp³-hybridized carbons (Fsp3) is 0.333. The zero-order chi connectivity index (χ0) is 14.8. The van der Waals surface area contributed by atoms with Crippen LogP contribution in [0.5, 0.6) is 0 Å². The van der Waals surface area contributed by atoms with Crippen molar-refractivity contribution in [2.75, 3.05) is 0 Å². The molecule has 2 N–H and O–H groups in total. The minimum Gasteiger partial charge on any atom is -0.480 e. The maximum atomic E-state index is 12.2. The van der Waals surface area contributed by atoms with Crippen LogP contribution < -0.4 is 4.72 Å². The number of hydrogen-bond acceptors (Lipinski definition) is 5. The molecule has 8 heteroatoms. The minimum atomic E-state index is -3.88. The number of carboxylic acid groups (broad SMARTS) is 1. The number of sulfonamides is 1. The second kappa shape index (κ2) is 5.86. The molecule has 0 spiro atoms. The SMILES string of the molecule is CCCC(NS(=O)(=O)c1cnc2ccsc2c1)C(=O)O. The summed E-state index contributed by atoms with van der Waals surface area (Å²) in [6.45, 7) is 1.80. The van der Waals surface area contributed by atoms with Crippen LogP contribution in [0.2, 0.25) is 0 Å². The summed E-state index contributed by atoms with van der Waals surface area (Å²) in [5.41, 5.74) is 0.720. The van der Waals surface area contributed by atoms with Gasteiger partial charge in [0.05, 0.1) is 10.2 Å². The average molecular weight is 314 g/mol. The lowest BCUT2D eigenvalue weighted by molar-refractivity contribution is -0.139. The Morgan fingerprint density at radius 3 is 2.95 bits per heavy atom. The summed E-state index contributed by atoms with van der Waals surface area (Å²) >= 11 is 1.38. The molecule has 0 radical (unpaired) electrons. The molecule has 0 saturated heterocycles. The number of hydrogen-bond donors (Lipinski definition) is 2. The monoisotopic (exact) mass is 314 g/mol. The molecule has 20 heavy (non-hydrogen) atoms. The van der Waals surface area contributed by atoms with Crippen LogP contribution in [0.25, 0.3) is 10.2 Å². The Hall–Kier alpha value is -1.51. The molecule has 108 valence electrons. The van der Waals surface area contributed by atoms with Crippen LogP contribution in [-0.2, 0) is 14.8 Å². The first kappa shape index (κ1) is 14.9. The number of fused-ring (bicyclic) bond motifs is 1. The van der Waals surface area contributed by atoms with Gasteiger partial charge in [0.2, 0.25) is 10.0 Å². The van der Waals surface area contributed by atoms with Gasteiger partial charge in [0.15, 0.2) is 0 Å². The van der Waals surface area contributed by atoms with Crippen LogP contribution >= 0.6 is 11.3 Å². The molecular weight excluding hydrogens is 300 g/mol. The fourth-order valence-corrected chi connectivity index (χ4v) is 3.80. The third-order valence-corrected chi connectivity index (χ3v) is 5.05. The van der Waals surface area contributed by atoms with Gasteiger partial charge < -0.3 is 5.11 Å². The molecule has 0 bridgehead atoms. The van der Waals surface area contributed by atoms with Crippen molar-refractivity contribution in [3.63, 3.8) is 0 Å². The summed E-state index contributed by atoms with van der Waals surface area (Å²) in [6, 6.07) is 2.17. The topological polar surface area (TPSA) is 96.4 Å². The third-order valence-electron chi connectivity index (χ3n) is 2.76. The van der Waals surface area contributed by atoms with Crippen LogP contribution in [0, 0.1) is 0 Å². The lowest BCUT2D eigenvalue weighted by Gasteiger charge is -2.13. The first-order valence-electron chi connectivity index (χ1n) is 6.02. The van der Waals surface area contributed by atoms with E-state index in [1.807, 2.05) is 5.38 Å². The smallest absolute Gasteiger partial charge is 0.321 e. The van der Waals surface area contributed by atoms with Crippen molar-refractivity contribution in [2.45, 2.75) is 30.7 Å². The molecule has 0 fully saturated rings. The van der Waals surface area contributed by atoms with Gasteiger partial charge in [-0.3, -0.25) is 9.78 Å². The van der Waals surface area contributed by atoms with Gasteiger partial charge in [-0.25, -0.2) is 8.42 Å². The molecule has 2 aromatic heterocycles. The first-order chi connectivity index (χ1) is 9.44. The zero-order valence-electron chi connectivity index (χ0n) is 10.7. The van der Waals surface area contributed by atoms with Gasteiger partial charge >= 0.3 is 5.97 Å². The Morgan fingerprint density at radius 2 is 2.30 bits per heavy atom. The summed E-state index contributed by atoms with van der Waals surface area (Å²) in [7, 11) is -3.88. The van der Waals surface area contributed by atoms with E-state index in [1.165, 1.54) is 23.6 Å². The molecule has 2 rings (SSSR count). The van der Waals surface area contributed by atoms with Crippen molar-refractivity contribution in [1.82, 2.24) is 9.71 Å². The van der Waals surface area contributed by atoms with E-state index in [0.717, 1.165) is 10.2 Å². The summed E-state index contributed by atoms with van der Waals surface area (Å²) < 4.78 is 27.3. The van der Waals surface area contributed by atoms with E-state index in [0.29, 0.717) is 6.42 Å². The van der Waals surface area contributed by atoms with Crippen LogP contribution in [-0.4, -0.2) is 30.5 Å². The van der Waals surface area contributed by atoms with Gasteiger partial charge in [-0.2, -0.15) is 4.72 Å². The number of thiophene rings is 1. The average Bonchev–Trinajstić information content (AvgIpc) is 2.85. The number of pyridine rings is 1. The molecule has 1 atom stereocenters. The molecular formula is C12H14N2O4S2.